The number of amides is 1. The van der Waals surface area contributed by atoms with Gasteiger partial charge in [-0.15, -0.1) is 0 Å². The zero-order chi connectivity index (χ0) is 20.2. The van der Waals surface area contributed by atoms with Crippen molar-refractivity contribution in [2.45, 2.75) is 58.5 Å². The van der Waals surface area contributed by atoms with Crippen molar-refractivity contribution in [2.75, 3.05) is 6.54 Å². The maximum Gasteiger partial charge on any atom is 0.276 e. The summed E-state index contributed by atoms with van der Waals surface area (Å²) in [5.41, 5.74) is 2.75. The Morgan fingerprint density at radius 3 is 2.97 bits per heavy atom. The Balaban J connectivity index is 1.31. The van der Waals surface area contributed by atoms with E-state index in [0.717, 1.165) is 37.2 Å². The first kappa shape index (κ1) is 19.3. The van der Waals surface area contributed by atoms with Gasteiger partial charge in [0.25, 0.3) is 5.89 Å². The molecule has 4 heterocycles. The van der Waals surface area contributed by atoms with Crippen molar-refractivity contribution in [2.24, 2.45) is 0 Å². The molecule has 1 fully saturated rings. The zero-order valence-electron chi connectivity index (χ0n) is 16.9. The number of rotatable bonds is 7. The molecule has 1 atom stereocenters. The molecule has 0 saturated carbocycles. The molecule has 8 nitrogen and oxygen atoms in total. The predicted molar refractivity (Wildman–Crippen MR) is 107 cm³/mol. The smallest absolute Gasteiger partial charge is 0.276 e. The lowest BCUT2D eigenvalue weighted by Crippen LogP contribution is -2.36. The van der Waals surface area contributed by atoms with Gasteiger partial charge in [0.05, 0.1) is 5.69 Å². The van der Waals surface area contributed by atoms with Crippen LogP contribution in [0, 0.1) is 13.8 Å². The Kier molecular flexibility index (Phi) is 5.69. The van der Waals surface area contributed by atoms with Crippen LogP contribution in [0.15, 0.2) is 35.0 Å². The molecule has 0 aromatic carbocycles. The monoisotopic (exact) mass is 394 g/mol. The Morgan fingerprint density at radius 2 is 2.21 bits per heavy atom. The van der Waals surface area contributed by atoms with Crippen LogP contribution in [0.5, 0.6) is 0 Å². The SMILES string of the molecule is Cc1cc(C)n(CCC(=O)N2CCCC2CCc2noc(-c3ccccn3)n2)n1. The van der Waals surface area contributed by atoms with Crippen LogP contribution in [-0.4, -0.2) is 48.3 Å². The van der Waals surface area contributed by atoms with Gasteiger partial charge >= 0.3 is 0 Å². The minimum atomic E-state index is 0.197. The number of nitrogens with zero attached hydrogens (tertiary/aromatic N) is 6. The lowest BCUT2D eigenvalue weighted by Gasteiger charge is -2.24. The number of hydrogen-bond acceptors (Lipinski definition) is 6. The van der Waals surface area contributed by atoms with Gasteiger partial charge in [0.2, 0.25) is 5.91 Å². The van der Waals surface area contributed by atoms with Crippen molar-refractivity contribution in [3.63, 3.8) is 0 Å². The predicted octanol–water partition coefficient (Wildman–Crippen LogP) is 2.96. The zero-order valence-corrected chi connectivity index (χ0v) is 16.9. The van der Waals surface area contributed by atoms with Crippen LogP contribution in [0.2, 0.25) is 0 Å². The average Bonchev–Trinajstić information content (AvgIpc) is 3.45. The first-order valence-electron chi connectivity index (χ1n) is 10.1. The second-order valence-electron chi connectivity index (χ2n) is 7.55. The fraction of sp³-hybridized carbons (Fsp3) is 0.476. The minimum Gasteiger partial charge on any atom is -0.340 e. The highest BCUT2D eigenvalue weighted by Gasteiger charge is 2.28. The molecule has 29 heavy (non-hydrogen) atoms. The molecule has 4 rings (SSSR count). The van der Waals surface area contributed by atoms with Gasteiger partial charge in [-0.25, -0.2) is 0 Å². The van der Waals surface area contributed by atoms with E-state index in [0.29, 0.717) is 36.8 Å². The third-order valence-electron chi connectivity index (χ3n) is 5.39. The number of pyridine rings is 1. The molecule has 0 spiro atoms. The van der Waals surface area contributed by atoms with Crippen LogP contribution >= 0.6 is 0 Å². The van der Waals surface area contributed by atoms with Crippen molar-refractivity contribution in [1.29, 1.82) is 0 Å². The van der Waals surface area contributed by atoms with E-state index < -0.39 is 0 Å². The van der Waals surface area contributed by atoms with E-state index >= 15 is 0 Å². The number of aromatic nitrogens is 5. The minimum absolute atomic E-state index is 0.197. The van der Waals surface area contributed by atoms with E-state index in [1.54, 1.807) is 6.20 Å². The van der Waals surface area contributed by atoms with Crippen molar-refractivity contribution in [3.8, 4) is 11.6 Å². The third kappa shape index (κ3) is 4.52. The molecule has 0 N–H and O–H groups in total. The molecule has 8 heteroatoms. The summed E-state index contributed by atoms with van der Waals surface area (Å²) in [4.78, 5) is 23.5. The summed E-state index contributed by atoms with van der Waals surface area (Å²) in [6.07, 6.45) is 5.77. The van der Waals surface area contributed by atoms with Gasteiger partial charge in [0, 0.05) is 43.9 Å². The molecule has 1 unspecified atom stereocenters. The van der Waals surface area contributed by atoms with Crippen molar-refractivity contribution in [3.05, 3.63) is 47.7 Å². The van der Waals surface area contributed by atoms with Gasteiger partial charge in [-0.2, -0.15) is 10.1 Å². The topological polar surface area (TPSA) is 89.9 Å². The Bertz CT molecular complexity index is 965. The van der Waals surface area contributed by atoms with E-state index in [4.69, 9.17) is 4.52 Å². The van der Waals surface area contributed by atoms with Crippen LogP contribution in [0.25, 0.3) is 11.6 Å². The molecular formula is C21H26N6O2. The van der Waals surface area contributed by atoms with E-state index in [1.807, 2.05) is 47.7 Å². The largest absolute Gasteiger partial charge is 0.340 e. The van der Waals surface area contributed by atoms with E-state index in [2.05, 4.69) is 20.2 Å². The summed E-state index contributed by atoms with van der Waals surface area (Å²) in [5.74, 6) is 1.29. The number of hydrogen-bond donors (Lipinski definition) is 0. The second kappa shape index (κ2) is 8.55. The van der Waals surface area contributed by atoms with Crippen LogP contribution in [0.4, 0.5) is 0 Å². The van der Waals surface area contributed by atoms with Crippen LogP contribution < -0.4 is 0 Å². The van der Waals surface area contributed by atoms with Gasteiger partial charge in [-0.05, 0) is 51.3 Å². The number of carbonyl (C=O) groups excluding carboxylic acids is 1. The second-order valence-corrected chi connectivity index (χ2v) is 7.55. The standard InChI is InChI=1S/C21H26N6O2/c1-15-14-16(2)27(24-15)13-10-20(28)26-12-5-6-17(26)8-9-19-23-21(29-25-19)18-7-3-4-11-22-18/h3-4,7,11,14,17H,5-6,8-10,12-13H2,1-2H3. The average molecular weight is 394 g/mol. The van der Waals surface area contributed by atoms with Crippen LogP contribution in [0.3, 0.4) is 0 Å². The van der Waals surface area contributed by atoms with Crippen molar-refractivity contribution < 1.29 is 9.32 Å². The quantitative estimate of drug-likeness (QED) is 0.612. The van der Waals surface area contributed by atoms with E-state index in [1.165, 1.54) is 0 Å². The molecule has 1 aliphatic heterocycles. The summed E-state index contributed by atoms with van der Waals surface area (Å²) in [7, 11) is 0. The van der Waals surface area contributed by atoms with Gasteiger partial charge in [-0.1, -0.05) is 11.2 Å². The van der Waals surface area contributed by atoms with Gasteiger partial charge in [0.1, 0.15) is 5.69 Å². The fourth-order valence-corrected chi connectivity index (χ4v) is 3.96. The molecular weight excluding hydrogens is 368 g/mol. The molecule has 0 radical (unpaired) electrons. The molecule has 1 saturated heterocycles. The summed E-state index contributed by atoms with van der Waals surface area (Å²) < 4.78 is 7.24. The molecule has 0 aliphatic carbocycles. The van der Waals surface area contributed by atoms with E-state index in [-0.39, 0.29) is 11.9 Å². The van der Waals surface area contributed by atoms with Crippen molar-refractivity contribution in [1.82, 2.24) is 29.8 Å². The molecule has 0 bridgehead atoms. The number of aryl methyl sites for hydroxylation is 4. The fourth-order valence-electron chi connectivity index (χ4n) is 3.96. The Morgan fingerprint density at radius 1 is 1.31 bits per heavy atom. The summed E-state index contributed by atoms with van der Waals surface area (Å²) in [6.45, 7) is 5.44. The molecule has 3 aromatic heterocycles. The highest BCUT2D eigenvalue weighted by molar-refractivity contribution is 5.76. The highest BCUT2D eigenvalue weighted by Crippen LogP contribution is 2.23. The van der Waals surface area contributed by atoms with E-state index in [9.17, 15) is 4.79 Å². The Hall–Kier alpha value is -3.03. The maximum atomic E-state index is 12.8. The van der Waals surface area contributed by atoms with Crippen LogP contribution in [0.1, 0.15) is 42.9 Å². The molecule has 1 aliphatic rings. The summed E-state index contributed by atoms with van der Waals surface area (Å²) >= 11 is 0. The van der Waals surface area contributed by atoms with Crippen molar-refractivity contribution >= 4 is 5.91 Å². The highest BCUT2D eigenvalue weighted by atomic mass is 16.5. The van der Waals surface area contributed by atoms with Gasteiger partial charge in [-0.3, -0.25) is 14.5 Å². The summed E-state index contributed by atoms with van der Waals surface area (Å²) in [5, 5.41) is 8.52. The van der Waals surface area contributed by atoms with Crippen LogP contribution in [-0.2, 0) is 17.8 Å². The molecule has 152 valence electrons. The van der Waals surface area contributed by atoms with Gasteiger partial charge < -0.3 is 9.42 Å². The normalized spacial score (nSPS) is 16.5. The maximum absolute atomic E-state index is 12.8. The number of likely N-dealkylation sites (tertiary alicyclic amines) is 1. The van der Waals surface area contributed by atoms with Gasteiger partial charge in [0.15, 0.2) is 5.82 Å². The number of carbonyl (C=O) groups is 1. The Labute approximate surface area is 169 Å². The summed E-state index contributed by atoms with van der Waals surface area (Å²) in [6, 6.07) is 7.85. The lowest BCUT2D eigenvalue weighted by molar-refractivity contribution is -0.132. The molecule has 3 aromatic rings. The lowest BCUT2D eigenvalue weighted by atomic mass is 10.1. The first-order valence-corrected chi connectivity index (χ1v) is 10.1. The first-order chi connectivity index (χ1) is 14.1. The third-order valence-corrected chi connectivity index (χ3v) is 5.39. The molecule has 1 amide bonds.